The number of carbonyl (C=O) groups excluding carboxylic acids is 2. The average Bonchev–Trinajstić information content (AvgIpc) is 2.69. The van der Waals surface area contributed by atoms with Crippen molar-refractivity contribution in [2.75, 3.05) is 18.5 Å². The normalized spacial score (nSPS) is 11.7. The summed E-state index contributed by atoms with van der Waals surface area (Å²) in [6.45, 7) is 6.36. The molecule has 0 saturated carbocycles. The van der Waals surface area contributed by atoms with E-state index < -0.39 is 18.0 Å². The van der Waals surface area contributed by atoms with Crippen molar-refractivity contribution in [3.8, 4) is 11.5 Å². The Morgan fingerprint density at radius 3 is 2.36 bits per heavy atom. The number of nitrogens with one attached hydrogen (secondary N) is 1. The van der Waals surface area contributed by atoms with Crippen LogP contribution in [0.15, 0.2) is 54.6 Å². The first-order chi connectivity index (χ1) is 13.5. The SMILES string of the molecule is CCOc1ccc(/C=C/C(=O)O[C@H](C)C(=O)Nc2ccccc2OCC)cc1. The van der Waals surface area contributed by atoms with Crippen LogP contribution in [-0.4, -0.2) is 31.2 Å². The standard InChI is InChI=1S/C22H25NO5/c1-4-26-18-13-10-17(11-14-18)12-15-21(24)28-16(3)22(25)23-19-8-6-7-9-20(19)27-5-2/h6-16H,4-5H2,1-3H3,(H,23,25)/b15-12+/t16-/m1/s1. The number of hydrogen-bond acceptors (Lipinski definition) is 5. The summed E-state index contributed by atoms with van der Waals surface area (Å²) in [4.78, 5) is 24.3. The number of hydrogen-bond donors (Lipinski definition) is 1. The maximum atomic E-state index is 12.3. The lowest BCUT2D eigenvalue weighted by Crippen LogP contribution is -2.29. The molecule has 0 heterocycles. The summed E-state index contributed by atoms with van der Waals surface area (Å²) in [6, 6.07) is 14.4. The molecule has 0 aliphatic heterocycles. The van der Waals surface area contributed by atoms with E-state index in [1.807, 2.05) is 44.2 Å². The van der Waals surface area contributed by atoms with Crippen LogP contribution in [0, 0.1) is 0 Å². The van der Waals surface area contributed by atoms with E-state index in [2.05, 4.69) is 5.32 Å². The van der Waals surface area contributed by atoms with E-state index in [0.717, 1.165) is 11.3 Å². The van der Waals surface area contributed by atoms with Gasteiger partial charge in [0.25, 0.3) is 5.91 Å². The molecular weight excluding hydrogens is 358 g/mol. The van der Waals surface area contributed by atoms with Gasteiger partial charge in [-0.1, -0.05) is 24.3 Å². The van der Waals surface area contributed by atoms with Crippen LogP contribution in [0.4, 0.5) is 5.69 Å². The molecule has 0 aliphatic carbocycles. The fraction of sp³-hybridized carbons (Fsp3) is 0.273. The van der Waals surface area contributed by atoms with Gasteiger partial charge in [-0.2, -0.15) is 0 Å². The van der Waals surface area contributed by atoms with E-state index >= 15 is 0 Å². The number of anilines is 1. The quantitative estimate of drug-likeness (QED) is 0.522. The minimum Gasteiger partial charge on any atom is -0.494 e. The Hall–Kier alpha value is -3.28. The van der Waals surface area contributed by atoms with Crippen molar-refractivity contribution >= 4 is 23.6 Å². The van der Waals surface area contributed by atoms with Crippen molar-refractivity contribution in [2.24, 2.45) is 0 Å². The smallest absolute Gasteiger partial charge is 0.331 e. The Kier molecular flexibility index (Phi) is 8.09. The maximum Gasteiger partial charge on any atom is 0.331 e. The Bertz CT molecular complexity index is 814. The molecule has 28 heavy (non-hydrogen) atoms. The van der Waals surface area contributed by atoms with Crippen molar-refractivity contribution in [3.05, 3.63) is 60.2 Å². The number of benzene rings is 2. The number of esters is 1. The fourth-order valence-corrected chi connectivity index (χ4v) is 2.36. The van der Waals surface area contributed by atoms with Gasteiger partial charge in [0.15, 0.2) is 6.10 Å². The van der Waals surface area contributed by atoms with Gasteiger partial charge in [-0.05, 0) is 56.7 Å². The van der Waals surface area contributed by atoms with Gasteiger partial charge >= 0.3 is 5.97 Å². The van der Waals surface area contributed by atoms with Gasteiger partial charge in [-0.25, -0.2) is 4.79 Å². The Balaban J connectivity index is 1.90. The highest BCUT2D eigenvalue weighted by Gasteiger charge is 2.18. The molecule has 2 aromatic rings. The molecule has 0 radical (unpaired) electrons. The summed E-state index contributed by atoms with van der Waals surface area (Å²) in [5.74, 6) is 0.289. The second-order valence-electron chi connectivity index (χ2n) is 5.83. The molecule has 6 nitrogen and oxygen atoms in total. The Morgan fingerprint density at radius 2 is 1.68 bits per heavy atom. The van der Waals surface area contributed by atoms with E-state index in [0.29, 0.717) is 24.7 Å². The summed E-state index contributed by atoms with van der Waals surface area (Å²) in [7, 11) is 0. The van der Waals surface area contributed by atoms with Gasteiger partial charge in [-0.3, -0.25) is 4.79 Å². The minimum atomic E-state index is -0.952. The van der Waals surface area contributed by atoms with E-state index in [1.165, 1.54) is 13.0 Å². The van der Waals surface area contributed by atoms with Crippen LogP contribution in [0.2, 0.25) is 0 Å². The van der Waals surface area contributed by atoms with Gasteiger partial charge in [0.2, 0.25) is 0 Å². The van der Waals surface area contributed by atoms with Crippen LogP contribution in [0.3, 0.4) is 0 Å². The second kappa shape index (κ2) is 10.8. The first-order valence-electron chi connectivity index (χ1n) is 9.17. The molecule has 0 unspecified atom stereocenters. The predicted octanol–water partition coefficient (Wildman–Crippen LogP) is 4.07. The van der Waals surface area contributed by atoms with Crippen LogP contribution in [0.5, 0.6) is 11.5 Å². The van der Waals surface area contributed by atoms with Gasteiger partial charge in [0, 0.05) is 6.08 Å². The highest BCUT2D eigenvalue weighted by molar-refractivity contribution is 5.97. The molecule has 148 valence electrons. The van der Waals surface area contributed by atoms with Crippen LogP contribution in [0.1, 0.15) is 26.3 Å². The zero-order valence-electron chi connectivity index (χ0n) is 16.3. The molecule has 0 saturated heterocycles. The lowest BCUT2D eigenvalue weighted by molar-refractivity contribution is -0.148. The fourth-order valence-electron chi connectivity index (χ4n) is 2.36. The lowest BCUT2D eigenvalue weighted by Gasteiger charge is -2.15. The predicted molar refractivity (Wildman–Crippen MR) is 108 cm³/mol. The van der Waals surface area contributed by atoms with Gasteiger partial charge in [0.05, 0.1) is 18.9 Å². The zero-order chi connectivity index (χ0) is 20.4. The number of carbonyl (C=O) groups is 2. The number of para-hydroxylation sites is 2. The largest absolute Gasteiger partial charge is 0.494 e. The first-order valence-corrected chi connectivity index (χ1v) is 9.17. The van der Waals surface area contributed by atoms with Crippen LogP contribution in [-0.2, 0) is 14.3 Å². The lowest BCUT2D eigenvalue weighted by atomic mass is 10.2. The van der Waals surface area contributed by atoms with Crippen molar-refractivity contribution in [1.82, 2.24) is 0 Å². The number of rotatable bonds is 9. The highest BCUT2D eigenvalue weighted by atomic mass is 16.5. The van der Waals surface area contributed by atoms with E-state index in [1.54, 1.807) is 24.3 Å². The van der Waals surface area contributed by atoms with Crippen molar-refractivity contribution in [2.45, 2.75) is 26.9 Å². The molecule has 2 aromatic carbocycles. The molecule has 1 amide bonds. The van der Waals surface area contributed by atoms with Gasteiger partial charge in [-0.15, -0.1) is 0 Å². The summed E-state index contributed by atoms with van der Waals surface area (Å²) >= 11 is 0. The molecule has 1 N–H and O–H groups in total. The number of amides is 1. The minimum absolute atomic E-state index is 0.435. The third kappa shape index (κ3) is 6.46. The van der Waals surface area contributed by atoms with Crippen LogP contribution >= 0.6 is 0 Å². The van der Waals surface area contributed by atoms with Crippen LogP contribution < -0.4 is 14.8 Å². The summed E-state index contributed by atoms with van der Waals surface area (Å²) in [6.07, 6.45) is 1.95. The highest BCUT2D eigenvalue weighted by Crippen LogP contribution is 2.24. The summed E-state index contributed by atoms with van der Waals surface area (Å²) in [5.41, 5.74) is 1.35. The molecule has 0 bridgehead atoms. The molecule has 2 rings (SSSR count). The van der Waals surface area contributed by atoms with Crippen molar-refractivity contribution in [3.63, 3.8) is 0 Å². The molecule has 6 heteroatoms. The summed E-state index contributed by atoms with van der Waals surface area (Å²) in [5, 5.41) is 2.71. The second-order valence-corrected chi connectivity index (χ2v) is 5.83. The zero-order valence-corrected chi connectivity index (χ0v) is 16.3. The van der Waals surface area contributed by atoms with E-state index in [-0.39, 0.29) is 0 Å². The summed E-state index contributed by atoms with van der Waals surface area (Å²) < 4.78 is 16.0. The molecular formula is C22H25NO5. The van der Waals surface area contributed by atoms with Crippen molar-refractivity contribution < 1.29 is 23.8 Å². The Labute approximate surface area is 165 Å². The van der Waals surface area contributed by atoms with Crippen LogP contribution in [0.25, 0.3) is 6.08 Å². The Morgan fingerprint density at radius 1 is 1.00 bits per heavy atom. The number of ether oxygens (including phenoxy) is 3. The molecule has 0 fully saturated rings. The van der Waals surface area contributed by atoms with Gasteiger partial charge in [0.1, 0.15) is 11.5 Å². The molecule has 0 aromatic heterocycles. The van der Waals surface area contributed by atoms with E-state index in [4.69, 9.17) is 14.2 Å². The van der Waals surface area contributed by atoms with E-state index in [9.17, 15) is 9.59 Å². The topological polar surface area (TPSA) is 73.9 Å². The molecule has 0 spiro atoms. The molecule has 1 atom stereocenters. The maximum absolute atomic E-state index is 12.3. The third-order valence-electron chi connectivity index (χ3n) is 3.71. The average molecular weight is 383 g/mol. The monoisotopic (exact) mass is 383 g/mol. The molecule has 0 aliphatic rings. The first kappa shape index (κ1) is 21.0. The van der Waals surface area contributed by atoms with Gasteiger partial charge < -0.3 is 19.5 Å². The third-order valence-corrected chi connectivity index (χ3v) is 3.71. The van der Waals surface area contributed by atoms with Crippen molar-refractivity contribution in [1.29, 1.82) is 0 Å².